The SMILES string of the molecule is Cc1ccccc1CNC(=O)C[S@](=O)CCO. The minimum absolute atomic E-state index is 0.0492. The van der Waals surface area contributed by atoms with Crippen molar-refractivity contribution in [1.29, 1.82) is 0 Å². The van der Waals surface area contributed by atoms with E-state index in [2.05, 4.69) is 5.32 Å². The van der Waals surface area contributed by atoms with Gasteiger partial charge in [-0.1, -0.05) is 24.3 Å². The third-order valence-electron chi connectivity index (χ3n) is 2.35. The van der Waals surface area contributed by atoms with E-state index in [4.69, 9.17) is 5.11 Å². The minimum Gasteiger partial charge on any atom is -0.395 e. The normalized spacial score (nSPS) is 12.1. The average Bonchev–Trinajstić information content (AvgIpc) is 2.28. The molecule has 0 bridgehead atoms. The molecular formula is C12H17NO3S. The summed E-state index contributed by atoms with van der Waals surface area (Å²) < 4.78 is 11.2. The van der Waals surface area contributed by atoms with Gasteiger partial charge in [-0.15, -0.1) is 0 Å². The summed E-state index contributed by atoms with van der Waals surface area (Å²) >= 11 is 0. The van der Waals surface area contributed by atoms with Gasteiger partial charge in [-0.3, -0.25) is 9.00 Å². The zero-order valence-corrected chi connectivity index (χ0v) is 10.6. The number of hydrogen-bond donors (Lipinski definition) is 2. The van der Waals surface area contributed by atoms with E-state index in [1.165, 1.54) is 0 Å². The van der Waals surface area contributed by atoms with Crippen LogP contribution in [0.15, 0.2) is 24.3 Å². The fourth-order valence-electron chi connectivity index (χ4n) is 1.37. The Morgan fingerprint density at radius 3 is 2.76 bits per heavy atom. The van der Waals surface area contributed by atoms with Crippen LogP contribution in [0.4, 0.5) is 0 Å². The molecule has 1 atom stereocenters. The van der Waals surface area contributed by atoms with E-state index in [1.54, 1.807) is 0 Å². The van der Waals surface area contributed by atoms with E-state index < -0.39 is 10.8 Å². The van der Waals surface area contributed by atoms with Crippen LogP contribution in [0.3, 0.4) is 0 Å². The minimum atomic E-state index is -1.28. The summed E-state index contributed by atoms with van der Waals surface area (Å²) in [5.41, 5.74) is 2.16. The van der Waals surface area contributed by atoms with E-state index in [0.717, 1.165) is 11.1 Å². The maximum absolute atomic E-state index is 11.4. The van der Waals surface area contributed by atoms with Gasteiger partial charge >= 0.3 is 0 Å². The van der Waals surface area contributed by atoms with Crippen LogP contribution in [0.1, 0.15) is 11.1 Å². The van der Waals surface area contributed by atoms with Crippen LogP contribution in [-0.2, 0) is 22.1 Å². The van der Waals surface area contributed by atoms with Crippen LogP contribution >= 0.6 is 0 Å². The van der Waals surface area contributed by atoms with Gasteiger partial charge in [-0.25, -0.2) is 0 Å². The highest BCUT2D eigenvalue weighted by molar-refractivity contribution is 7.85. The molecule has 0 aliphatic rings. The molecule has 94 valence electrons. The number of aryl methyl sites for hydroxylation is 1. The second-order valence-corrected chi connectivity index (χ2v) is 5.29. The second kappa shape index (κ2) is 7.19. The Hall–Kier alpha value is -1.20. The van der Waals surface area contributed by atoms with Crippen molar-refractivity contribution in [2.75, 3.05) is 18.1 Å². The van der Waals surface area contributed by atoms with Crippen molar-refractivity contribution < 1.29 is 14.1 Å². The Kier molecular flexibility index (Phi) is 5.86. The first-order chi connectivity index (χ1) is 8.13. The third kappa shape index (κ3) is 5.10. The van der Waals surface area contributed by atoms with Crippen LogP contribution in [0.5, 0.6) is 0 Å². The zero-order valence-electron chi connectivity index (χ0n) is 9.81. The molecule has 5 heteroatoms. The number of aliphatic hydroxyl groups excluding tert-OH is 1. The molecule has 0 spiro atoms. The number of amides is 1. The van der Waals surface area contributed by atoms with E-state index in [0.29, 0.717) is 6.54 Å². The fourth-order valence-corrected chi connectivity index (χ4v) is 2.12. The van der Waals surface area contributed by atoms with Gasteiger partial charge in [0, 0.05) is 23.1 Å². The summed E-state index contributed by atoms with van der Waals surface area (Å²) in [6.45, 7) is 2.27. The molecule has 1 amide bonds. The third-order valence-corrected chi connectivity index (χ3v) is 3.57. The molecule has 0 radical (unpaired) electrons. The quantitative estimate of drug-likeness (QED) is 0.771. The van der Waals surface area contributed by atoms with Crippen LogP contribution in [0, 0.1) is 6.92 Å². The molecule has 0 aliphatic heterocycles. The standard InChI is InChI=1S/C12H17NO3S/c1-10-4-2-3-5-11(10)8-13-12(15)9-17(16)7-6-14/h2-5,14H,6-9H2,1H3,(H,13,15)/t17-/m1/s1. The molecular weight excluding hydrogens is 238 g/mol. The van der Waals surface area contributed by atoms with Crippen LogP contribution in [0.25, 0.3) is 0 Å². The summed E-state index contributed by atoms with van der Waals surface area (Å²) in [6.07, 6.45) is 0. The molecule has 1 aromatic rings. The fraction of sp³-hybridized carbons (Fsp3) is 0.417. The first kappa shape index (κ1) is 13.9. The van der Waals surface area contributed by atoms with Crippen molar-refractivity contribution in [2.24, 2.45) is 0 Å². The highest BCUT2D eigenvalue weighted by Gasteiger charge is 2.07. The van der Waals surface area contributed by atoms with E-state index >= 15 is 0 Å². The van der Waals surface area contributed by atoms with E-state index in [9.17, 15) is 9.00 Å². The lowest BCUT2D eigenvalue weighted by Crippen LogP contribution is -2.29. The van der Waals surface area contributed by atoms with Gasteiger partial charge in [0.15, 0.2) is 0 Å². The monoisotopic (exact) mass is 255 g/mol. The van der Waals surface area contributed by atoms with Gasteiger partial charge in [0.25, 0.3) is 0 Å². The Balaban J connectivity index is 2.38. The molecule has 1 aromatic carbocycles. The molecule has 2 N–H and O–H groups in total. The Morgan fingerprint density at radius 2 is 2.12 bits per heavy atom. The maximum Gasteiger partial charge on any atom is 0.232 e. The van der Waals surface area contributed by atoms with Crippen molar-refractivity contribution in [2.45, 2.75) is 13.5 Å². The number of benzene rings is 1. The van der Waals surface area contributed by atoms with E-state index in [1.807, 2.05) is 31.2 Å². The Labute approximate surface area is 104 Å². The van der Waals surface area contributed by atoms with Crippen LogP contribution in [0.2, 0.25) is 0 Å². The molecule has 17 heavy (non-hydrogen) atoms. The summed E-state index contributed by atoms with van der Waals surface area (Å²) in [5, 5.41) is 11.3. The van der Waals surface area contributed by atoms with Crippen molar-refractivity contribution in [1.82, 2.24) is 5.32 Å². The lowest BCUT2D eigenvalue weighted by atomic mass is 10.1. The predicted molar refractivity (Wildman–Crippen MR) is 68.0 cm³/mol. The lowest BCUT2D eigenvalue weighted by Gasteiger charge is -2.07. The van der Waals surface area contributed by atoms with Crippen LogP contribution in [-0.4, -0.2) is 33.3 Å². The number of aliphatic hydroxyl groups is 1. The van der Waals surface area contributed by atoms with Gasteiger partial charge in [-0.2, -0.15) is 0 Å². The van der Waals surface area contributed by atoms with Gasteiger partial charge < -0.3 is 10.4 Å². The van der Waals surface area contributed by atoms with Crippen molar-refractivity contribution >= 4 is 16.7 Å². The summed E-state index contributed by atoms with van der Waals surface area (Å²) in [6, 6.07) is 7.78. The second-order valence-electron chi connectivity index (χ2n) is 3.72. The smallest absolute Gasteiger partial charge is 0.232 e. The molecule has 0 aromatic heterocycles. The molecule has 0 saturated heterocycles. The summed E-state index contributed by atoms with van der Waals surface area (Å²) in [4.78, 5) is 11.4. The van der Waals surface area contributed by atoms with Crippen molar-refractivity contribution in [3.63, 3.8) is 0 Å². The zero-order chi connectivity index (χ0) is 12.7. The van der Waals surface area contributed by atoms with Crippen molar-refractivity contribution in [3.05, 3.63) is 35.4 Å². The number of carbonyl (C=O) groups excluding carboxylic acids is 1. The summed E-state index contributed by atoms with van der Waals surface area (Å²) in [7, 11) is -1.28. The highest BCUT2D eigenvalue weighted by Crippen LogP contribution is 2.05. The van der Waals surface area contributed by atoms with Crippen LogP contribution < -0.4 is 5.32 Å². The molecule has 0 fully saturated rings. The van der Waals surface area contributed by atoms with E-state index in [-0.39, 0.29) is 24.0 Å². The molecule has 0 aliphatic carbocycles. The predicted octanol–water partition coefficient (Wildman–Crippen LogP) is 0.352. The first-order valence-electron chi connectivity index (χ1n) is 5.40. The summed E-state index contributed by atoms with van der Waals surface area (Å²) in [5.74, 6) is -0.149. The highest BCUT2D eigenvalue weighted by atomic mass is 32.2. The van der Waals surface area contributed by atoms with Gasteiger partial charge in [0.2, 0.25) is 5.91 Å². The Morgan fingerprint density at radius 1 is 1.41 bits per heavy atom. The average molecular weight is 255 g/mol. The molecule has 4 nitrogen and oxygen atoms in total. The molecule has 0 unspecified atom stereocenters. The topological polar surface area (TPSA) is 66.4 Å². The number of hydrogen-bond acceptors (Lipinski definition) is 3. The molecule has 0 heterocycles. The molecule has 0 saturated carbocycles. The number of carbonyl (C=O) groups is 1. The van der Waals surface area contributed by atoms with Gasteiger partial charge in [0.05, 0.1) is 6.61 Å². The number of rotatable bonds is 6. The van der Waals surface area contributed by atoms with Gasteiger partial charge in [0.1, 0.15) is 5.75 Å². The lowest BCUT2D eigenvalue weighted by molar-refractivity contribution is -0.118. The Bertz CT molecular complexity index is 406. The first-order valence-corrected chi connectivity index (χ1v) is 6.89. The molecule has 1 rings (SSSR count). The van der Waals surface area contributed by atoms with Gasteiger partial charge in [-0.05, 0) is 18.1 Å². The van der Waals surface area contributed by atoms with Crippen molar-refractivity contribution in [3.8, 4) is 0 Å². The number of nitrogens with one attached hydrogen (secondary N) is 1. The maximum atomic E-state index is 11.4. The largest absolute Gasteiger partial charge is 0.395 e.